The Morgan fingerprint density at radius 3 is 2.22 bits per heavy atom. The Hall–Kier alpha value is -2.82. The van der Waals surface area contributed by atoms with Gasteiger partial charge in [-0.15, -0.1) is 0 Å². The van der Waals surface area contributed by atoms with Crippen molar-refractivity contribution in [3.05, 3.63) is 69.2 Å². The van der Waals surface area contributed by atoms with Gasteiger partial charge in [0.15, 0.2) is 0 Å². The highest BCUT2D eigenvalue weighted by molar-refractivity contribution is 6.36. The maximum Gasteiger partial charge on any atom is 0.416 e. The fourth-order valence-electron chi connectivity index (χ4n) is 2.60. The first-order valence-corrected chi connectivity index (χ1v) is 9.85. The number of benzene rings is 2. The number of carbonyl (C=O) groups excluding carboxylic acids is 3. The molecule has 3 amide bonds. The maximum absolute atomic E-state index is 13.0. The van der Waals surface area contributed by atoms with Gasteiger partial charge in [-0.3, -0.25) is 14.4 Å². The van der Waals surface area contributed by atoms with Crippen LogP contribution in [0.3, 0.4) is 0 Å². The molecule has 0 saturated heterocycles. The van der Waals surface area contributed by atoms with Gasteiger partial charge < -0.3 is 21.1 Å². The van der Waals surface area contributed by atoms with Crippen LogP contribution in [0.1, 0.15) is 27.6 Å². The van der Waals surface area contributed by atoms with E-state index < -0.39 is 55.2 Å². The fraction of sp³-hybridized carbons (Fsp3) is 0.250. The largest absolute Gasteiger partial charge is 0.416 e. The Kier molecular flexibility index (Phi) is 8.88. The first kappa shape index (κ1) is 25.4. The van der Waals surface area contributed by atoms with Gasteiger partial charge >= 0.3 is 6.18 Å². The molecule has 0 aliphatic rings. The molecule has 7 nitrogen and oxygen atoms in total. The van der Waals surface area contributed by atoms with Crippen molar-refractivity contribution in [2.24, 2.45) is 0 Å². The van der Waals surface area contributed by atoms with Gasteiger partial charge in [0.25, 0.3) is 5.91 Å². The molecule has 32 heavy (non-hydrogen) atoms. The highest BCUT2D eigenvalue weighted by atomic mass is 35.5. The van der Waals surface area contributed by atoms with Crippen LogP contribution in [-0.4, -0.2) is 42.5 Å². The number of amides is 3. The van der Waals surface area contributed by atoms with Gasteiger partial charge in [-0.05, 0) is 29.8 Å². The normalized spacial score (nSPS) is 12.1. The summed E-state index contributed by atoms with van der Waals surface area (Å²) >= 11 is 11.6. The van der Waals surface area contributed by atoms with E-state index in [0.29, 0.717) is 5.02 Å². The number of hydrogen-bond donors (Lipinski definition) is 4. The van der Waals surface area contributed by atoms with E-state index in [2.05, 4.69) is 16.0 Å². The summed E-state index contributed by atoms with van der Waals surface area (Å²) in [7, 11) is 0. The molecule has 0 aromatic heterocycles. The van der Waals surface area contributed by atoms with Gasteiger partial charge in [0.2, 0.25) is 11.8 Å². The van der Waals surface area contributed by atoms with Crippen LogP contribution < -0.4 is 16.0 Å². The SMILES string of the molecule is O=C(CNC(=O)CNC(=O)c1ccc(Cl)cc1Cl)NCC(O)c1ccccc1C(F)(F)F. The minimum Gasteiger partial charge on any atom is -0.387 e. The summed E-state index contributed by atoms with van der Waals surface area (Å²) in [6, 6.07) is 8.66. The van der Waals surface area contributed by atoms with E-state index in [-0.39, 0.29) is 16.1 Å². The van der Waals surface area contributed by atoms with Crippen molar-refractivity contribution >= 4 is 40.9 Å². The van der Waals surface area contributed by atoms with Crippen molar-refractivity contribution in [1.82, 2.24) is 16.0 Å². The summed E-state index contributed by atoms with van der Waals surface area (Å²) in [5, 5.41) is 17.2. The Labute approximate surface area is 190 Å². The lowest BCUT2D eigenvalue weighted by Crippen LogP contribution is -2.42. The number of nitrogens with one attached hydrogen (secondary N) is 3. The Morgan fingerprint density at radius 1 is 0.938 bits per heavy atom. The van der Waals surface area contributed by atoms with E-state index in [1.54, 1.807) is 0 Å². The fourth-order valence-corrected chi connectivity index (χ4v) is 3.09. The first-order valence-electron chi connectivity index (χ1n) is 9.10. The second kappa shape index (κ2) is 11.2. The number of hydrogen-bond acceptors (Lipinski definition) is 4. The number of carbonyl (C=O) groups is 3. The van der Waals surface area contributed by atoms with Crippen LogP contribution in [0.4, 0.5) is 13.2 Å². The van der Waals surface area contributed by atoms with Crippen LogP contribution in [-0.2, 0) is 15.8 Å². The zero-order valence-corrected chi connectivity index (χ0v) is 17.8. The molecular formula is C20H18Cl2F3N3O4. The minimum absolute atomic E-state index is 0.0976. The van der Waals surface area contributed by atoms with Gasteiger partial charge in [0.1, 0.15) is 0 Å². The summed E-state index contributed by atoms with van der Waals surface area (Å²) in [6.07, 6.45) is -6.26. The molecule has 0 aliphatic heterocycles. The van der Waals surface area contributed by atoms with Crippen molar-refractivity contribution in [2.75, 3.05) is 19.6 Å². The molecule has 0 saturated carbocycles. The predicted molar refractivity (Wildman–Crippen MR) is 111 cm³/mol. The van der Waals surface area contributed by atoms with E-state index in [0.717, 1.165) is 12.1 Å². The molecule has 1 atom stereocenters. The van der Waals surface area contributed by atoms with Crippen molar-refractivity contribution in [1.29, 1.82) is 0 Å². The van der Waals surface area contributed by atoms with Crippen molar-refractivity contribution in [2.45, 2.75) is 12.3 Å². The van der Waals surface area contributed by atoms with E-state index in [4.69, 9.17) is 23.2 Å². The molecule has 2 aromatic carbocycles. The van der Waals surface area contributed by atoms with Crippen LogP contribution in [0.2, 0.25) is 10.0 Å². The van der Waals surface area contributed by atoms with Crippen LogP contribution in [0, 0.1) is 0 Å². The number of aliphatic hydroxyl groups excluding tert-OH is 1. The zero-order valence-electron chi connectivity index (χ0n) is 16.3. The molecular weight excluding hydrogens is 474 g/mol. The molecule has 0 aliphatic carbocycles. The van der Waals surface area contributed by atoms with Crippen molar-refractivity contribution in [3.63, 3.8) is 0 Å². The molecule has 0 fully saturated rings. The molecule has 0 spiro atoms. The standard InChI is InChI=1S/C20H18Cl2F3N3O4/c21-11-5-6-13(15(22)7-11)19(32)28-10-18(31)27-9-17(30)26-8-16(29)12-3-1-2-4-14(12)20(23,24)25/h1-7,16,29H,8-10H2,(H,26,30)(H,27,31)(H,28,32). The van der Waals surface area contributed by atoms with E-state index in [9.17, 15) is 32.7 Å². The third kappa shape index (κ3) is 7.40. The predicted octanol–water partition coefficient (Wildman–Crippen LogP) is 2.71. The molecule has 0 bridgehead atoms. The third-order valence-corrected chi connectivity index (χ3v) is 4.70. The number of halogens is 5. The summed E-state index contributed by atoms with van der Waals surface area (Å²) < 4.78 is 39.0. The lowest BCUT2D eigenvalue weighted by molar-refractivity contribution is -0.139. The Balaban J connectivity index is 1.77. The molecule has 0 heterocycles. The van der Waals surface area contributed by atoms with E-state index in [1.807, 2.05) is 0 Å². The first-order chi connectivity index (χ1) is 15.0. The third-order valence-electron chi connectivity index (χ3n) is 4.15. The van der Waals surface area contributed by atoms with E-state index >= 15 is 0 Å². The molecule has 2 aromatic rings. The lowest BCUT2D eigenvalue weighted by Gasteiger charge is -2.18. The van der Waals surface area contributed by atoms with Gasteiger partial charge in [-0.25, -0.2) is 0 Å². The summed E-state index contributed by atoms with van der Waals surface area (Å²) in [5.74, 6) is -2.06. The Morgan fingerprint density at radius 2 is 1.56 bits per heavy atom. The molecule has 0 radical (unpaired) electrons. The van der Waals surface area contributed by atoms with Crippen molar-refractivity contribution < 1.29 is 32.7 Å². The second-order valence-corrected chi connectivity index (χ2v) is 7.33. The number of aliphatic hydroxyl groups is 1. The van der Waals surface area contributed by atoms with Crippen LogP contribution >= 0.6 is 23.2 Å². The Bertz CT molecular complexity index is 1000. The monoisotopic (exact) mass is 491 g/mol. The lowest BCUT2D eigenvalue weighted by atomic mass is 10.0. The molecule has 2 rings (SSSR count). The number of alkyl halides is 3. The topological polar surface area (TPSA) is 108 Å². The molecule has 12 heteroatoms. The molecule has 172 valence electrons. The van der Waals surface area contributed by atoms with Crippen molar-refractivity contribution in [3.8, 4) is 0 Å². The zero-order chi connectivity index (χ0) is 23.9. The van der Waals surface area contributed by atoms with Gasteiger partial charge in [0, 0.05) is 11.6 Å². The summed E-state index contributed by atoms with van der Waals surface area (Å²) in [6.45, 7) is -1.45. The average molecular weight is 492 g/mol. The molecule has 4 N–H and O–H groups in total. The second-order valence-electron chi connectivity index (χ2n) is 6.49. The summed E-state index contributed by atoms with van der Waals surface area (Å²) in [4.78, 5) is 35.7. The summed E-state index contributed by atoms with van der Waals surface area (Å²) in [5.41, 5.74) is -1.28. The smallest absolute Gasteiger partial charge is 0.387 e. The highest BCUT2D eigenvalue weighted by Crippen LogP contribution is 2.34. The maximum atomic E-state index is 13.0. The average Bonchev–Trinajstić information content (AvgIpc) is 2.73. The van der Waals surface area contributed by atoms with Crippen LogP contribution in [0.5, 0.6) is 0 Å². The molecule has 1 unspecified atom stereocenters. The van der Waals surface area contributed by atoms with Gasteiger partial charge in [-0.2, -0.15) is 13.2 Å². The van der Waals surface area contributed by atoms with Crippen LogP contribution in [0.15, 0.2) is 42.5 Å². The van der Waals surface area contributed by atoms with Gasteiger partial charge in [0.05, 0.1) is 35.3 Å². The van der Waals surface area contributed by atoms with Gasteiger partial charge in [-0.1, -0.05) is 41.4 Å². The quantitative estimate of drug-likeness (QED) is 0.455. The number of rotatable bonds is 8. The highest BCUT2D eigenvalue weighted by Gasteiger charge is 2.34. The minimum atomic E-state index is -4.66. The van der Waals surface area contributed by atoms with E-state index in [1.165, 1.54) is 30.3 Å². The van der Waals surface area contributed by atoms with Crippen LogP contribution in [0.25, 0.3) is 0 Å².